The van der Waals surface area contributed by atoms with Gasteiger partial charge in [-0.1, -0.05) is 24.3 Å². The first-order valence-corrected chi connectivity index (χ1v) is 8.68. The SMILES string of the molecule is O=C(CNC(=O)c1ccccc1)Nc1cccc(OCC2CCCO2)c1. The highest BCUT2D eigenvalue weighted by molar-refractivity contribution is 5.99. The highest BCUT2D eigenvalue weighted by atomic mass is 16.5. The lowest BCUT2D eigenvalue weighted by molar-refractivity contribution is -0.115. The number of carbonyl (C=O) groups excluding carboxylic acids is 2. The minimum Gasteiger partial charge on any atom is -0.491 e. The van der Waals surface area contributed by atoms with Crippen molar-refractivity contribution in [2.45, 2.75) is 18.9 Å². The Kier molecular flexibility index (Phi) is 6.22. The van der Waals surface area contributed by atoms with Crippen LogP contribution in [0.5, 0.6) is 5.75 Å². The Morgan fingerprint density at radius 2 is 1.96 bits per heavy atom. The van der Waals surface area contributed by atoms with Gasteiger partial charge in [0.15, 0.2) is 0 Å². The van der Waals surface area contributed by atoms with Crippen LogP contribution in [0.2, 0.25) is 0 Å². The van der Waals surface area contributed by atoms with Crippen molar-refractivity contribution in [3.63, 3.8) is 0 Å². The Morgan fingerprint density at radius 1 is 1.12 bits per heavy atom. The summed E-state index contributed by atoms with van der Waals surface area (Å²) in [6.07, 6.45) is 2.22. The highest BCUT2D eigenvalue weighted by Gasteiger charge is 2.16. The van der Waals surface area contributed by atoms with E-state index in [1.54, 1.807) is 36.4 Å². The molecule has 0 aliphatic carbocycles. The number of hydrogen-bond acceptors (Lipinski definition) is 4. The van der Waals surface area contributed by atoms with Crippen molar-refractivity contribution in [2.75, 3.05) is 25.1 Å². The molecular formula is C20H22N2O4. The van der Waals surface area contributed by atoms with Crippen LogP contribution in [0.1, 0.15) is 23.2 Å². The number of nitrogens with one attached hydrogen (secondary N) is 2. The van der Waals surface area contributed by atoms with Crippen LogP contribution in [0, 0.1) is 0 Å². The maximum atomic E-state index is 12.0. The van der Waals surface area contributed by atoms with E-state index in [0.717, 1.165) is 19.4 Å². The maximum Gasteiger partial charge on any atom is 0.251 e. The zero-order valence-electron chi connectivity index (χ0n) is 14.4. The maximum absolute atomic E-state index is 12.0. The normalized spacial score (nSPS) is 16.1. The van der Waals surface area contributed by atoms with Gasteiger partial charge in [-0.2, -0.15) is 0 Å². The predicted molar refractivity (Wildman–Crippen MR) is 98.3 cm³/mol. The molecule has 1 fully saturated rings. The molecule has 136 valence electrons. The van der Waals surface area contributed by atoms with E-state index in [1.165, 1.54) is 0 Å². The second-order valence-electron chi connectivity index (χ2n) is 6.07. The van der Waals surface area contributed by atoms with Crippen molar-refractivity contribution in [1.82, 2.24) is 5.32 Å². The summed E-state index contributed by atoms with van der Waals surface area (Å²) in [6.45, 7) is 1.19. The zero-order valence-corrected chi connectivity index (χ0v) is 14.4. The molecule has 26 heavy (non-hydrogen) atoms. The van der Waals surface area contributed by atoms with Gasteiger partial charge in [0.2, 0.25) is 5.91 Å². The standard InChI is InChI=1S/C20H22N2O4/c23-19(13-21-20(24)15-6-2-1-3-7-15)22-16-8-4-9-17(12-16)26-14-18-10-5-11-25-18/h1-4,6-9,12,18H,5,10-11,13-14H2,(H,21,24)(H,22,23). The molecule has 2 aromatic carbocycles. The Morgan fingerprint density at radius 3 is 2.73 bits per heavy atom. The van der Waals surface area contributed by atoms with Crippen molar-refractivity contribution < 1.29 is 19.1 Å². The molecule has 1 aliphatic rings. The lowest BCUT2D eigenvalue weighted by Gasteiger charge is -2.12. The summed E-state index contributed by atoms with van der Waals surface area (Å²) in [6, 6.07) is 15.9. The number of carbonyl (C=O) groups is 2. The van der Waals surface area contributed by atoms with Crippen molar-refractivity contribution in [2.24, 2.45) is 0 Å². The van der Waals surface area contributed by atoms with E-state index in [-0.39, 0.29) is 24.5 Å². The quantitative estimate of drug-likeness (QED) is 0.801. The predicted octanol–water partition coefficient (Wildman–Crippen LogP) is 2.61. The summed E-state index contributed by atoms with van der Waals surface area (Å²) < 4.78 is 11.2. The van der Waals surface area contributed by atoms with Crippen LogP contribution in [0.15, 0.2) is 54.6 Å². The van der Waals surface area contributed by atoms with Gasteiger partial charge in [-0.05, 0) is 37.1 Å². The molecule has 2 aromatic rings. The van der Waals surface area contributed by atoms with E-state index in [2.05, 4.69) is 10.6 Å². The first-order chi connectivity index (χ1) is 12.7. The summed E-state index contributed by atoms with van der Waals surface area (Å²) in [5, 5.41) is 5.35. The number of rotatable bonds is 7. The van der Waals surface area contributed by atoms with Gasteiger partial charge in [0.25, 0.3) is 5.91 Å². The van der Waals surface area contributed by atoms with Gasteiger partial charge in [-0.3, -0.25) is 9.59 Å². The Labute approximate surface area is 152 Å². The molecular weight excluding hydrogens is 332 g/mol. The van der Waals surface area contributed by atoms with E-state index in [0.29, 0.717) is 23.6 Å². The van der Waals surface area contributed by atoms with Gasteiger partial charge in [0.05, 0.1) is 12.6 Å². The lowest BCUT2D eigenvalue weighted by atomic mass is 10.2. The molecule has 1 saturated heterocycles. The van der Waals surface area contributed by atoms with Crippen molar-refractivity contribution >= 4 is 17.5 Å². The van der Waals surface area contributed by atoms with Crippen LogP contribution < -0.4 is 15.4 Å². The first kappa shape index (κ1) is 17.9. The molecule has 0 aromatic heterocycles. The second-order valence-corrected chi connectivity index (χ2v) is 6.07. The van der Waals surface area contributed by atoms with Crippen LogP contribution in [-0.4, -0.2) is 37.7 Å². The van der Waals surface area contributed by atoms with Gasteiger partial charge in [0, 0.05) is 23.9 Å². The average Bonchev–Trinajstić information content (AvgIpc) is 3.19. The summed E-state index contributed by atoms with van der Waals surface area (Å²) in [4.78, 5) is 24.0. The highest BCUT2D eigenvalue weighted by Crippen LogP contribution is 2.19. The summed E-state index contributed by atoms with van der Waals surface area (Å²) in [7, 11) is 0. The van der Waals surface area contributed by atoms with Gasteiger partial charge < -0.3 is 20.1 Å². The molecule has 1 atom stereocenters. The molecule has 0 spiro atoms. The third kappa shape index (κ3) is 5.32. The van der Waals surface area contributed by atoms with E-state index in [1.807, 2.05) is 18.2 Å². The smallest absolute Gasteiger partial charge is 0.251 e. The van der Waals surface area contributed by atoms with Crippen LogP contribution in [0.4, 0.5) is 5.69 Å². The number of anilines is 1. The third-order valence-electron chi connectivity index (χ3n) is 4.02. The lowest BCUT2D eigenvalue weighted by Crippen LogP contribution is -2.32. The fourth-order valence-corrected chi connectivity index (χ4v) is 2.69. The number of amides is 2. The Hall–Kier alpha value is -2.86. The van der Waals surface area contributed by atoms with Gasteiger partial charge in [-0.15, -0.1) is 0 Å². The topological polar surface area (TPSA) is 76.7 Å². The fourth-order valence-electron chi connectivity index (χ4n) is 2.69. The first-order valence-electron chi connectivity index (χ1n) is 8.68. The number of benzene rings is 2. The Balaban J connectivity index is 1.46. The van der Waals surface area contributed by atoms with E-state index >= 15 is 0 Å². The minimum atomic E-state index is -0.300. The third-order valence-corrected chi connectivity index (χ3v) is 4.02. The molecule has 2 N–H and O–H groups in total. The molecule has 6 heteroatoms. The van der Waals surface area contributed by atoms with E-state index in [9.17, 15) is 9.59 Å². The minimum absolute atomic E-state index is 0.102. The van der Waals surface area contributed by atoms with Crippen LogP contribution >= 0.6 is 0 Å². The molecule has 0 bridgehead atoms. The molecule has 6 nitrogen and oxygen atoms in total. The molecule has 0 saturated carbocycles. The van der Waals surface area contributed by atoms with Crippen molar-refractivity contribution in [1.29, 1.82) is 0 Å². The second kappa shape index (κ2) is 9.01. The van der Waals surface area contributed by atoms with Crippen LogP contribution in [-0.2, 0) is 9.53 Å². The molecule has 1 unspecified atom stereocenters. The van der Waals surface area contributed by atoms with Gasteiger partial charge >= 0.3 is 0 Å². The summed E-state index contributed by atoms with van der Waals surface area (Å²) >= 11 is 0. The molecule has 1 aliphatic heterocycles. The van der Waals surface area contributed by atoms with Crippen molar-refractivity contribution in [3.8, 4) is 5.75 Å². The molecule has 3 rings (SSSR count). The monoisotopic (exact) mass is 354 g/mol. The summed E-state index contributed by atoms with van der Waals surface area (Å²) in [5.41, 5.74) is 1.14. The fraction of sp³-hybridized carbons (Fsp3) is 0.300. The van der Waals surface area contributed by atoms with Gasteiger partial charge in [-0.25, -0.2) is 0 Å². The van der Waals surface area contributed by atoms with Crippen LogP contribution in [0.25, 0.3) is 0 Å². The molecule has 1 heterocycles. The average molecular weight is 354 g/mol. The Bertz CT molecular complexity index is 742. The van der Waals surface area contributed by atoms with Gasteiger partial charge in [0.1, 0.15) is 12.4 Å². The van der Waals surface area contributed by atoms with Crippen LogP contribution in [0.3, 0.4) is 0 Å². The van der Waals surface area contributed by atoms with E-state index < -0.39 is 0 Å². The van der Waals surface area contributed by atoms with Crippen molar-refractivity contribution in [3.05, 3.63) is 60.2 Å². The number of hydrogen-bond donors (Lipinski definition) is 2. The summed E-state index contributed by atoms with van der Waals surface area (Å²) in [5.74, 6) is 0.0894. The van der Waals surface area contributed by atoms with E-state index in [4.69, 9.17) is 9.47 Å². The zero-order chi connectivity index (χ0) is 18.2. The molecule has 0 radical (unpaired) electrons. The number of ether oxygens (including phenoxy) is 2. The molecule has 2 amide bonds. The largest absolute Gasteiger partial charge is 0.491 e.